The maximum atomic E-state index is 12.5. The van der Waals surface area contributed by atoms with Crippen LogP contribution in [0, 0.1) is 0 Å². The molecule has 0 bridgehead atoms. The molecule has 1 aliphatic rings. The third-order valence-electron chi connectivity index (χ3n) is 4.15. The van der Waals surface area contributed by atoms with E-state index < -0.39 is 10.0 Å². The highest BCUT2D eigenvalue weighted by Crippen LogP contribution is 2.17. The van der Waals surface area contributed by atoms with Gasteiger partial charge in [0.2, 0.25) is 0 Å². The second-order valence-electron chi connectivity index (χ2n) is 6.07. The molecule has 7 heteroatoms. The summed E-state index contributed by atoms with van der Waals surface area (Å²) in [5, 5.41) is 2.74. The van der Waals surface area contributed by atoms with Crippen LogP contribution in [0.1, 0.15) is 35.7 Å². The van der Waals surface area contributed by atoms with Gasteiger partial charge in [-0.05, 0) is 48.7 Å². The minimum absolute atomic E-state index is 0.0891. The lowest BCUT2D eigenvalue weighted by atomic mass is 10.1. The smallest absolute Gasteiger partial charge is 0.262 e. The Morgan fingerprint density at radius 3 is 2.58 bits per heavy atom. The van der Waals surface area contributed by atoms with Crippen molar-refractivity contribution >= 4 is 27.5 Å². The average molecular weight is 371 g/mol. The van der Waals surface area contributed by atoms with Crippen LogP contribution in [0.5, 0.6) is 0 Å². The monoisotopic (exact) mass is 371 g/mol. The predicted molar refractivity (Wildman–Crippen MR) is 102 cm³/mol. The Balaban J connectivity index is 1.75. The quantitative estimate of drug-likeness (QED) is 0.847. The first-order valence-electron chi connectivity index (χ1n) is 8.54. The number of hydrogen-bond acceptors (Lipinski definition) is 4. The Morgan fingerprint density at radius 2 is 1.92 bits per heavy atom. The van der Waals surface area contributed by atoms with Gasteiger partial charge in [-0.3, -0.25) is 14.5 Å². The van der Waals surface area contributed by atoms with E-state index >= 15 is 0 Å². The Labute approximate surface area is 153 Å². The van der Waals surface area contributed by atoms with Gasteiger partial charge in [0.1, 0.15) is 5.84 Å². The fraction of sp³-hybridized carbons (Fsp3) is 0.263. The molecule has 0 aromatic heterocycles. The number of anilines is 1. The van der Waals surface area contributed by atoms with Crippen molar-refractivity contribution in [2.45, 2.75) is 31.1 Å². The van der Waals surface area contributed by atoms with Crippen molar-refractivity contribution in [3.8, 4) is 0 Å². The van der Waals surface area contributed by atoms with E-state index in [0.29, 0.717) is 30.1 Å². The fourth-order valence-corrected chi connectivity index (χ4v) is 3.81. The molecule has 0 saturated carbocycles. The fourth-order valence-electron chi connectivity index (χ4n) is 2.67. The van der Waals surface area contributed by atoms with Crippen LogP contribution in [0.4, 0.5) is 5.69 Å². The first-order valence-corrected chi connectivity index (χ1v) is 10.0. The van der Waals surface area contributed by atoms with Crippen molar-refractivity contribution < 1.29 is 13.2 Å². The predicted octanol–water partition coefficient (Wildman–Crippen LogP) is 2.97. The molecule has 3 rings (SSSR count). The number of amidine groups is 1. The highest BCUT2D eigenvalue weighted by atomic mass is 32.2. The van der Waals surface area contributed by atoms with Gasteiger partial charge in [0.25, 0.3) is 15.9 Å². The second-order valence-corrected chi connectivity index (χ2v) is 7.75. The summed E-state index contributed by atoms with van der Waals surface area (Å²) >= 11 is 0. The maximum absolute atomic E-state index is 12.5. The molecule has 1 amide bonds. The number of carbonyl (C=O) groups is 1. The molecular weight excluding hydrogens is 350 g/mol. The van der Waals surface area contributed by atoms with Crippen LogP contribution in [-0.4, -0.2) is 26.7 Å². The lowest BCUT2D eigenvalue weighted by Crippen LogP contribution is -2.29. The van der Waals surface area contributed by atoms with Gasteiger partial charge in [-0.2, -0.15) is 0 Å². The molecule has 0 spiro atoms. The average Bonchev–Trinajstić information content (AvgIpc) is 3.14. The van der Waals surface area contributed by atoms with Crippen molar-refractivity contribution in [2.75, 3.05) is 11.9 Å². The Hall–Kier alpha value is -2.67. The first kappa shape index (κ1) is 18.1. The molecule has 2 aromatic carbocycles. The molecular formula is C19H21N3O3S. The van der Waals surface area contributed by atoms with Crippen LogP contribution < -0.4 is 10.0 Å². The van der Waals surface area contributed by atoms with E-state index in [1.807, 2.05) is 19.1 Å². The van der Waals surface area contributed by atoms with Crippen LogP contribution in [0.25, 0.3) is 0 Å². The SMILES string of the molecule is CCc1ccc(C(=O)Nc2cccc(S(=O)(=O)NC3=NCCC3)c2)cc1. The minimum atomic E-state index is -3.71. The number of nitrogens with one attached hydrogen (secondary N) is 2. The van der Waals surface area contributed by atoms with Crippen LogP contribution >= 0.6 is 0 Å². The molecule has 6 nitrogen and oxygen atoms in total. The number of carbonyl (C=O) groups excluding carboxylic acids is 1. The van der Waals surface area contributed by atoms with Crippen molar-refractivity contribution in [1.82, 2.24) is 4.72 Å². The summed E-state index contributed by atoms with van der Waals surface area (Å²) in [6.45, 7) is 2.69. The van der Waals surface area contributed by atoms with Gasteiger partial charge in [0.05, 0.1) is 4.90 Å². The number of sulfonamides is 1. The third kappa shape index (κ3) is 4.29. The number of benzene rings is 2. The zero-order chi connectivity index (χ0) is 18.6. The molecule has 0 radical (unpaired) electrons. The summed E-state index contributed by atoms with van der Waals surface area (Å²) in [4.78, 5) is 16.6. The molecule has 0 fully saturated rings. The number of hydrogen-bond donors (Lipinski definition) is 2. The maximum Gasteiger partial charge on any atom is 0.262 e. The van der Waals surface area contributed by atoms with Gasteiger partial charge >= 0.3 is 0 Å². The molecule has 1 heterocycles. The van der Waals surface area contributed by atoms with Gasteiger partial charge in [-0.15, -0.1) is 0 Å². The lowest BCUT2D eigenvalue weighted by Gasteiger charge is -2.10. The van der Waals surface area contributed by atoms with E-state index in [9.17, 15) is 13.2 Å². The normalized spacial score (nSPS) is 14.0. The van der Waals surface area contributed by atoms with Crippen LogP contribution in [0.3, 0.4) is 0 Å². The van der Waals surface area contributed by atoms with E-state index in [2.05, 4.69) is 15.0 Å². The topological polar surface area (TPSA) is 87.6 Å². The Kier molecular flexibility index (Phi) is 5.37. The zero-order valence-electron chi connectivity index (χ0n) is 14.5. The largest absolute Gasteiger partial charge is 0.322 e. The number of nitrogens with zero attached hydrogens (tertiary/aromatic N) is 1. The van der Waals surface area contributed by atoms with E-state index in [4.69, 9.17) is 0 Å². The van der Waals surface area contributed by atoms with Crippen molar-refractivity contribution in [3.05, 3.63) is 59.7 Å². The standard InChI is InChI=1S/C19H21N3O3S/c1-2-14-8-10-15(11-9-14)19(23)21-16-5-3-6-17(13-16)26(24,25)22-18-7-4-12-20-18/h3,5-6,8-11,13H,2,4,7,12H2,1H3,(H,20,22)(H,21,23). The van der Waals surface area contributed by atoms with Gasteiger partial charge < -0.3 is 5.32 Å². The van der Waals surface area contributed by atoms with Gasteiger partial charge in [0.15, 0.2) is 0 Å². The van der Waals surface area contributed by atoms with Crippen molar-refractivity contribution in [3.63, 3.8) is 0 Å². The number of aryl methyl sites for hydroxylation is 1. The van der Waals surface area contributed by atoms with E-state index in [1.54, 1.807) is 24.3 Å². The summed E-state index contributed by atoms with van der Waals surface area (Å²) in [7, 11) is -3.71. The molecule has 2 aromatic rings. The van der Waals surface area contributed by atoms with Gasteiger partial charge in [0, 0.05) is 24.2 Å². The summed E-state index contributed by atoms with van der Waals surface area (Å²) in [5.41, 5.74) is 2.09. The highest BCUT2D eigenvalue weighted by Gasteiger charge is 2.19. The second kappa shape index (κ2) is 7.70. The van der Waals surface area contributed by atoms with Crippen LogP contribution in [0.2, 0.25) is 0 Å². The van der Waals surface area contributed by atoms with Crippen molar-refractivity contribution in [1.29, 1.82) is 0 Å². The molecule has 0 atom stereocenters. The van der Waals surface area contributed by atoms with Gasteiger partial charge in [-0.25, -0.2) is 8.42 Å². The molecule has 1 aliphatic heterocycles. The molecule has 0 unspecified atom stereocenters. The van der Waals surface area contributed by atoms with Gasteiger partial charge in [-0.1, -0.05) is 25.1 Å². The molecule has 0 saturated heterocycles. The molecule has 26 heavy (non-hydrogen) atoms. The van der Waals surface area contributed by atoms with Crippen LogP contribution in [-0.2, 0) is 16.4 Å². The van der Waals surface area contributed by atoms with E-state index in [-0.39, 0.29) is 10.8 Å². The highest BCUT2D eigenvalue weighted by molar-refractivity contribution is 7.90. The number of rotatable bonds is 5. The lowest BCUT2D eigenvalue weighted by molar-refractivity contribution is 0.102. The molecule has 136 valence electrons. The number of aliphatic imine (C=N–C) groups is 1. The minimum Gasteiger partial charge on any atom is -0.322 e. The summed E-state index contributed by atoms with van der Waals surface area (Å²) in [5.74, 6) is 0.200. The first-order chi connectivity index (χ1) is 12.5. The Bertz CT molecular complexity index is 935. The molecule has 2 N–H and O–H groups in total. The van der Waals surface area contributed by atoms with E-state index in [0.717, 1.165) is 18.4 Å². The zero-order valence-corrected chi connectivity index (χ0v) is 15.3. The third-order valence-corrected chi connectivity index (χ3v) is 5.53. The van der Waals surface area contributed by atoms with Crippen molar-refractivity contribution in [2.24, 2.45) is 4.99 Å². The van der Waals surface area contributed by atoms with E-state index in [1.165, 1.54) is 12.1 Å². The number of amides is 1. The van der Waals surface area contributed by atoms with Crippen LogP contribution in [0.15, 0.2) is 58.4 Å². The summed E-state index contributed by atoms with van der Waals surface area (Å²) < 4.78 is 27.4. The Morgan fingerprint density at radius 1 is 1.15 bits per heavy atom. The molecule has 0 aliphatic carbocycles. The summed E-state index contributed by atoms with van der Waals surface area (Å²) in [6.07, 6.45) is 2.38. The summed E-state index contributed by atoms with van der Waals surface area (Å²) in [6, 6.07) is 13.5.